The van der Waals surface area contributed by atoms with Crippen LogP contribution in [0.3, 0.4) is 0 Å². The molecule has 5 nitrogen and oxygen atoms in total. The second-order valence-corrected chi connectivity index (χ2v) is 7.85. The predicted octanol–water partition coefficient (Wildman–Crippen LogP) is 2.00. The summed E-state index contributed by atoms with van der Waals surface area (Å²) >= 11 is 0. The Bertz CT molecular complexity index is 636. The number of hydrogen-bond acceptors (Lipinski definition) is 3. The van der Waals surface area contributed by atoms with Gasteiger partial charge in [0.15, 0.2) is 0 Å². The highest BCUT2D eigenvalue weighted by atomic mass is 16.2. The molecule has 3 heterocycles. The summed E-state index contributed by atoms with van der Waals surface area (Å²) in [6.45, 7) is 2.57. The molecular formula is C20H27N3O2. The number of fused-ring (bicyclic) bond motifs is 2. The Labute approximate surface area is 149 Å². The number of carbonyl (C=O) groups is 2. The van der Waals surface area contributed by atoms with Gasteiger partial charge in [-0.2, -0.15) is 0 Å². The summed E-state index contributed by atoms with van der Waals surface area (Å²) in [6, 6.07) is 11.4. The summed E-state index contributed by atoms with van der Waals surface area (Å²) in [5, 5.41) is 6.82. The van der Waals surface area contributed by atoms with Gasteiger partial charge in [0.25, 0.3) is 0 Å². The lowest BCUT2D eigenvalue weighted by Gasteiger charge is -2.30. The zero-order valence-corrected chi connectivity index (χ0v) is 14.8. The smallest absolute Gasteiger partial charge is 0.225 e. The second-order valence-electron chi connectivity index (χ2n) is 7.85. The van der Waals surface area contributed by atoms with Gasteiger partial charge in [-0.05, 0) is 38.2 Å². The first kappa shape index (κ1) is 16.6. The molecule has 0 saturated carbocycles. The molecule has 3 fully saturated rings. The minimum Gasteiger partial charge on any atom is -0.353 e. The highest BCUT2D eigenvalue weighted by Crippen LogP contribution is 2.30. The van der Waals surface area contributed by atoms with Gasteiger partial charge in [-0.3, -0.25) is 9.59 Å². The molecule has 0 aromatic heterocycles. The molecule has 4 rings (SSSR count). The molecule has 1 aromatic carbocycles. The van der Waals surface area contributed by atoms with Crippen molar-refractivity contribution in [3.8, 4) is 0 Å². The molecule has 3 aliphatic rings. The van der Waals surface area contributed by atoms with E-state index < -0.39 is 0 Å². The number of likely N-dealkylation sites (tertiary alicyclic amines) is 1. The summed E-state index contributed by atoms with van der Waals surface area (Å²) in [5.41, 5.74) is 1.12. The average Bonchev–Trinajstić information content (AvgIpc) is 3.17. The first-order valence-electron chi connectivity index (χ1n) is 9.51. The van der Waals surface area contributed by atoms with E-state index in [0.29, 0.717) is 25.0 Å². The standard InChI is InChI=1S/C20H27N3O2/c1-13(14-5-3-2-4-6-14)23-12-15(9-19(23)24)20(25)22-18-10-16-7-8-17(11-18)21-16/h2-6,13,15-18,21H,7-12H2,1H3,(H,22,25). The van der Waals surface area contributed by atoms with Gasteiger partial charge in [-0.15, -0.1) is 0 Å². The van der Waals surface area contributed by atoms with E-state index in [0.717, 1.165) is 18.4 Å². The van der Waals surface area contributed by atoms with Crippen LogP contribution in [-0.2, 0) is 9.59 Å². The Morgan fingerprint density at radius 2 is 1.88 bits per heavy atom. The van der Waals surface area contributed by atoms with Crippen molar-refractivity contribution in [3.63, 3.8) is 0 Å². The van der Waals surface area contributed by atoms with Crippen LogP contribution in [0.1, 0.15) is 50.6 Å². The van der Waals surface area contributed by atoms with Gasteiger partial charge in [0.1, 0.15) is 0 Å². The predicted molar refractivity (Wildman–Crippen MR) is 95.8 cm³/mol. The quantitative estimate of drug-likeness (QED) is 0.880. The van der Waals surface area contributed by atoms with Crippen LogP contribution in [0.2, 0.25) is 0 Å². The monoisotopic (exact) mass is 341 g/mol. The number of rotatable bonds is 4. The van der Waals surface area contributed by atoms with Crippen molar-refractivity contribution in [2.24, 2.45) is 5.92 Å². The number of hydrogen-bond donors (Lipinski definition) is 2. The molecule has 0 radical (unpaired) electrons. The van der Waals surface area contributed by atoms with E-state index in [1.807, 2.05) is 42.2 Å². The maximum atomic E-state index is 12.7. The molecular weight excluding hydrogens is 314 g/mol. The van der Waals surface area contributed by atoms with Gasteiger partial charge in [0.2, 0.25) is 11.8 Å². The molecule has 0 spiro atoms. The topological polar surface area (TPSA) is 61.4 Å². The van der Waals surface area contributed by atoms with E-state index in [2.05, 4.69) is 10.6 Å². The van der Waals surface area contributed by atoms with E-state index >= 15 is 0 Å². The SMILES string of the molecule is CC(c1ccccc1)N1CC(C(=O)NC2CC3CCC(C2)N3)CC1=O. The lowest BCUT2D eigenvalue weighted by molar-refractivity contribution is -0.130. The Morgan fingerprint density at radius 3 is 2.56 bits per heavy atom. The summed E-state index contributed by atoms with van der Waals surface area (Å²) in [5.74, 6) is -0.0736. The lowest BCUT2D eigenvalue weighted by Crippen LogP contribution is -2.49. The summed E-state index contributed by atoms with van der Waals surface area (Å²) in [7, 11) is 0. The van der Waals surface area contributed by atoms with Gasteiger partial charge >= 0.3 is 0 Å². The Balaban J connectivity index is 1.36. The number of benzene rings is 1. The van der Waals surface area contributed by atoms with Gasteiger partial charge in [0.05, 0.1) is 12.0 Å². The third-order valence-corrected chi connectivity index (χ3v) is 6.10. The zero-order valence-electron chi connectivity index (χ0n) is 14.8. The largest absolute Gasteiger partial charge is 0.353 e. The Morgan fingerprint density at radius 1 is 1.20 bits per heavy atom. The van der Waals surface area contributed by atoms with Crippen LogP contribution in [0.15, 0.2) is 30.3 Å². The molecule has 2 N–H and O–H groups in total. The molecule has 4 atom stereocenters. The van der Waals surface area contributed by atoms with Gasteiger partial charge in [0, 0.05) is 31.1 Å². The van der Waals surface area contributed by atoms with Crippen LogP contribution in [0.4, 0.5) is 0 Å². The van der Waals surface area contributed by atoms with Gasteiger partial charge in [-0.25, -0.2) is 0 Å². The fourth-order valence-corrected chi connectivity index (χ4v) is 4.69. The summed E-state index contributed by atoms with van der Waals surface area (Å²) in [6.07, 6.45) is 4.82. The maximum absolute atomic E-state index is 12.7. The molecule has 2 amide bonds. The number of nitrogens with zero attached hydrogens (tertiary/aromatic N) is 1. The molecule has 1 aromatic rings. The molecule has 0 aliphatic carbocycles. The van der Waals surface area contributed by atoms with Crippen molar-refractivity contribution in [2.75, 3.05) is 6.54 Å². The van der Waals surface area contributed by atoms with Crippen LogP contribution < -0.4 is 10.6 Å². The average molecular weight is 341 g/mol. The summed E-state index contributed by atoms with van der Waals surface area (Å²) < 4.78 is 0. The third kappa shape index (κ3) is 3.43. The minimum atomic E-state index is -0.216. The van der Waals surface area contributed by atoms with E-state index in [1.165, 1.54) is 12.8 Å². The first-order valence-corrected chi connectivity index (χ1v) is 9.51. The number of amides is 2. The second kappa shape index (κ2) is 6.79. The Kier molecular flexibility index (Phi) is 4.50. The van der Waals surface area contributed by atoms with Crippen molar-refractivity contribution >= 4 is 11.8 Å². The molecule has 4 unspecified atom stereocenters. The van der Waals surface area contributed by atoms with E-state index in [1.54, 1.807) is 0 Å². The van der Waals surface area contributed by atoms with Crippen LogP contribution in [-0.4, -0.2) is 41.4 Å². The lowest BCUT2D eigenvalue weighted by atomic mass is 9.98. The van der Waals surface area contributed by atoms with Crippen LogP contribution in [0, 0.1) is 5.92 Å². The minimum absolute atomic E-state index is 0.0150. The third-order valence-electron chi connectivity index (χ3n) is 6.10. The fraction of sp³-hybridized carbons (Fsp3) is 0.600. The highest BCUT2D eigenvalue weighted by molar-refractivity contribution is 5.89. The van der Waals surface area contributed by atoms with Crippen molar-refractivity contribution in [1.29, 1.82) is 0 Å². The molecule has 25 heavy (non-hydrogen) atoms. The van der Waals surface area contributed by atoms with E-state index in [4.69, 9.17) is 0 Å². The molecule has 3 saturated heterocycles. The van der Waals surface area contributed by atoms with Crippen LogP contribution in [0.5, 0.6) is 0 Å². The van der Waals surface area contributed by atoms with Crippen molar-refractivity contribution < 1.29 is 9.59 Å². The normalized spacial score (nSPS) is 32.7. The zero-order chi connectivity index (χ0) is 17.4. The van der Waals surface area contributed by atoms with Crippen LogP contribution >= 0.6 is 0 Å². The fourth-order valence-electron chi connectivity index (χ4n) is 4.69. The Hall–Kier alpha value is -1.88. The van der Waals surface area contributed by atoms with Gasteiger partial charge in [-0.1, -0.05) is 30.3 Å². The van der Waals surface area contributed by atoms with Gasteiger partial charge < -0.3 is 15.5 Å². The first-order chi connectivity index (χ1) is 12.1. The van der Waals surface area contributed by atoms with Crippen molar-refractivity contribution in [1.82, 2.24) is 15.5 Å². The van der Waals surface area contributed by atoms with Crippen molar-refractivity contribution in [2.45, 2.75) is 63.2 Å². The molecule has 134 valence electrons. The number of nitrogens with one attached hydrogen (secondary N) is 2. The molecule has 2 bridgehead atoms. The van der Waals surface area contributed by atoms with Crippen molar-refractivity contribution in [3.05, 3.63) is 35.9 Å². The molecule has 3 aliphatic heterocycles. The maximum Gasteiger partial charge on any atom is 0.225 e. The molecule has 5 heteroatoms. The number of piperidine rings is 1. The van der Waals surface area contributed by atoms with E-state index in [-0.39, 0.29) is 29.8 Å². The van der Waals surface area contributed by atoms with E-state index in [9.17, 15) is 9.59 Å². The van der Waals surface area contributed by atoms with Crippen LogP contribution in [0.25, 0.3) is 0 Å². The summed E-state index contributed by atoms with van der Waals surface area (Å²) in [4.78, 5) is 27.0. The number of carbonyl (C=O) groups excluding carboxylic acids is 2. The highest BCUT2D eigenvalue weighted by Gasteiger charge is 2.39.